The number of hydrogen-bond acceptors (Lipinski definition) is 4. The van der Waals surface area contributed by atoms with Crippen molar-refractivity contribution in [3.8, 4) is 0 Å². The van der Waals surface area contributed by atoms with Gasteiger partial charge < -0.3 is 15.2 Å². The molecule has 0 saturated carbocycles. The third-order valence-corrected chi connectivity index (χ3v) is 1.97. The van der Waals surface area contributed by atoms with Crippen LogP contribution in [0, 0.1) is 0 Å². The highest BCUT2D eigenvalue weighted by molar-refractivity contribution is 5.76. The summed E-state index contributed by atoms with van der Waals surface area (Å²) >= 11 is 0. The molecule has 0 aliphatic rings. The summed E-state index contributed by atoms with van der Waals surface area (Å²) in [6.45, 7) is 4.26. The highest BCUT2D eigenvalue weighted by atomic mass is 16.5. The highest BCUT2D eigenvalue weighted by Crippen LogP contribution is 1.96. The summed E-state index contributed by atoms with van der Waals surface area (Å²) in [6, 6.07) is 0. The maximum absolute atomic E-state index is 11.2. The van der Waals surface area contributed by atoms with E-state index in [0.29, 0.717) is 38.8 Å². The van der Waals surface area contributed by atoms with Gasteiger partial charge in [-0.25, -0.2) is 0 Å². The molecule has 5 nitrogen and oxygen atoms in total. The summed E-state index contributed by atoms with van der Waals surface area (Å²) in [6.07, 6.45) is 1.23. The molecule has 94 valence electrons. The van der Waals surface area contributed by atoms with Crippen molar-refractivity contribution < 1.29 is 19.4 Å². The van der Waals surface area contributed by atoms with Gasteiger partial charge in [0.15, 0.2) is 0 Å². The molecule has 1 amide bonds. The molecule has 2 N–H and O–H groups in total. The maximum Gasteiger partial charge on any atom is 0.305 e. The van der Waals surface area contributed by atoms with Gasteiger partial charge in [-0.05, 0) is 26.7 Å². The number of nitrogens with one attached hydrogen (secondary N) is 1. The van der Waals surface area contributed by atoms with E-state index in [2.05, 4.69) is 5.32 Å². The number of carbonyl (C=O) groups excluding carboxylic acids is 2. The fourth-order valence-corrected chi connectivity index (χ4v) is 1.12. The van der Waals surface area contributed by atoms with Crippen LogP contribution >= 0.6 is 0 Å². The maximum atomic E-state index is 11.2. The second-order valence-electron chi connectivity index (χ2n) is 3.65. The van der Waals surface area contributed by atoms with Crippen molar-refractivity contribution >= 4 is 11.9 Å². The number of aliphatic hydroxyl groups is 1. The largest absolute Gasteiger partial charge is 0.466 e. The molecule has 0 aliphatic carbocycles. The van der Waals surface area contributed by atoms with Gasteiger partial charge in [0.2, 0.25) is 5.91 Å². The Morgan fingerprint density at radius 1 is 1.38 bits per heavy atom. The Labute approximate surface area is 96.2 Å². The highest BCUT2D eigenvalue weighted by Gasteiger charge is 2.04. The molecule has 0 bridgehead atoms. The van der Waals surface area contributed by atoms with Gasteiger partial charge in [-0.3, -0.25) is 9.59 Å². The average molecular weight is 231 g/mol. The van der Waals surface area contributed by atoms with Gasteiger partial charge in [0.05, 0.1) is 12.7 Å². The molecule has 16 heavy (non-hydrogen) atoms. The van der Waals surface area contributed by atoms with Crippen molar-refractivity contribution in [3.63, 3.8) is 0 Å². The Bertz CT molecular complexity index is 216. The van der Waals surface area contributed by atoms with Gasteiger partial charge in [0, 0.05) is 19.4 Å². The molecule has 0 aromatic rings. The number of carbonyl (C=O) groups is 2. The number of hydrogen-bond donors (Lipinski definition) is 2. The first-order valence-electron chi connectivity index (χ1n) is 5.66. The molecule has 0 saturated heterocycles. The zero-order valence-corrected chi connectivity index (χ0v) is 9.99. The quantitative estimate of drug-likeness (QED) is 0.474. The molecular weight excluding hydrogens is 210 g/mol. The molecule has 0 fully saturated rings. The number of esters is 1. The van der Waals surface area contributed by atoms with Gasteiger partial charge in [-0.2, -0.15) is 0 Å². The topological polar surface area (TPSA) is 75.6 Å². The van der Waals surface area contributed by atoms with Crippen molar-refractivity contribution in [2.75, 3.05) is 13.2 Å². The van der Waals surface area contributed by atoms with Gasteiger partial charge in [-0.15, -0.1) is 0 Å². The molecule has 1 unspecified atom stereocenters. The first kappa shape index (κ1) is 14.9. The monoisotopic (exact) mass is 231 g/mol. The van der Waals surface area contributed by atoms with E-state index in [0.717, 1.165) is 0 Å². The predicted octanol–water partition coefficient (Wildman–Crippen LogP) is 0.607. The molecule has 0 aliphatic heterocycles. The van der Waals surface area contributed by atoms with Gasteiger partial charge in [0.1, 0.15) is 0 Å². The lowest BCUT2D eigenvalue weighted by Crippen LogP contribution is -2.25. The average Bonchev–Trinajstić information content (AvgIpc) is 2.22. The number of rotatable bonds is 8. The number of ether oxygens (including phenoxy) is 1. The van der Waals surface area contributed by atoms with Crippen LogP contribution in [0.5, 0.6) is 0 Å². The van der Waals surface area contributed by atoms with Crippen molar-refractivity contribution in [2.45, 2.75) is 45.6 Å². The molecule has 0 rings (SSSR count). The van der Waals surface area contributed by atoms with E-state index < -0.39 is 6.10 Å². The second-order valence-corrected chi connectivity index (χ2v) is 3.65. The second kappa shape index (κ2) is 9.15. The van der Waals surface area contributed by atoms with E-state index in [1.165, 1.54) is 0 Å². The van der Waals surface area contributed by atoms with Crippen LogP contribution in [0.15, 0.2) is 0 Å². The SMILES string of the molecule is CCOC(=O)CCCNC(=O)CCC(C)O. The fourth-order valence-electron chi connectivity index (χ4n) is 1.12. The Hall–Kier alpha value is -1.10. The lowest BCUT2D eigenvalue weighted by Gasteiger charge is -2.06. The summed E-state index contributed by atoms with van der Waals surface area (Å²) < 4.78 is 4.74. The summed E-state index contributed by atoms with van der Waals surface area (Å²) in [7, 11) is 0. The molecule has 0 aromatic carbocycles. The molecule has 0 aromatic heterocycles. The summed E-state index contributed by atoms with van der Waals surface area (Å²) in [4.78, 5) is 22.1. The van der Waals surface area contributed by atoms with Crippen LogP contribution in [0.3, 0.4) is 0 Å². The van der Waals surface area contributed by atoms with E-state index in [1.807, 2.05) is 0 Å². The smallest absolute Gasteiger partial charge is 0.305 e. The van der Waals surface area contributed by atoms with Crippen molar-refractivity contribution in [3.05, 3.63) is 0 Å². The summed E-state index contributed by atoms with van der Waals surface area (Å²) in [5.41, 5.74) is 0. The van der Waals surface area contributed by atoms with Crippen LogP contribution in [-0.2, 0) is 14.3 Å². The minimum atomic E-state index is -0.453. The van der Waals surface area contributed by atoms with E-state index in [1.54, 1.807) is 13.8 Å². The van der Waals surface area contributed by atoms with Gasteiger partial charge >= 0.3 is 5.97 Å². The predicted molar refractivity (Wildman–Crippen MR) is 59.8 cm³/mol. The zero-order chi connectivity index (χ0) is 12.4. The lowest BCUT2D eigenvalue weighted by atomic mass is 10.2. The normalized spacial score (nSPS) is 11.9. The van der Waals surface area contributed by atoms with E-state index in [4.69, 9.17) is 9.84 Å². The van der Waals surface area contributed by atoms with Crippen LogP contribution in [0.25, 0.3) is 0 Å². The Kier molecular flexibility index (Phi) is 8.52. The van der Waals surface area contributed by atoms with Crippen LogP contribution < -0.4 is 5.32 Å². The van der Waals surface area contributed by atoms with Crippen LogP contribution in [0.4, 0.5) is 0 Å². The first-order valence-corrected chi connectivity index (χ1v) is 5.66. The Balaban J connectivity index is 3.37. The molecule has 5 heteroatoms. The third-order valence-electron chi connectivity index (χ3n) is 1.97. The Morgan fingerprint density at radius 3 is 2.62 bits per heavy atom. The van der Waals surface area contributed by atoms with Crippen LogP contribution in [0.2, 0.25) is 0 Å². The fraction of sp³-hybridized carbons (Fsp3) is 0.818. The standard InChI is InChI=1S/C11H21NO4/c1-3-16-11(15)5-4-8-12-10(14)7-6-9(2)13/h9,13H,3-8H2,1-2H3,(H,12,14). The first-order chi connectivity index (χ1) is 7.56. The molecule has 1 atom stereocenters. The van der Waals surface area contributed by atoms with Crippen LogP contribution in [-0.4, -0.2) is 36.2 Å². The molecular formula is C11H21NO4. The van der Waals surface area contributed by atoms with Gasteiger partial charge in [0.25, 0.3) is 0 Å². The van der Waals surface area contributed by atoms with Crippen molar-refractivity contribution in [1.29, 1.82) is 0 Å². The minimum absolute atomic E-state index is 0.0928. The Morgan fingerprint density at radius 2 is 2.06 bits per heavy atom. The summed E-state index contributed by atoms with van der Waals surface area (Å²) in [5.74, 6) is -0.328. The van der Waals surface area contributed by atoms with Crippen LogP contribution in [0.1, 0.15) is 39.5 Å². The third kappa shape index (κ3) is 9.45. The number of amides is 1. The van der Waals surface area contributed by atoms with Crippen molar-refractivity contribution in [2.24, 2.45) is 0 Å². The van der Waals surface area contributed by atoms with E-state index in [9.17, 15) is 9.59 Å². The molecule has 0 radical (unpaired) electrons. The lowest BCUT2D eigenvalue weighted by molar-refractivity contribution is -0.143. The minimum Gasteiger partial charge on any atom is -0.466 e. The number of aliphatic hydroxyl groups excluding tert-OH is 1. The van der Waals surface area contributed by atoms with E-state index in [-0.39, 0.29) is 11.9 Å². The van der Waals surface area contributed by atoms with E-state index >= 15 is 0 Å². The summed E-state index contributed by atoms with van der Waals surface area (Å²) in [5, 5.41) is 11.6. The molecule has 0 spiro atoms. The zero-order valence-electron chi connectivity index (χ0n) is 9.99. The van der Waals surface area contributed by atoms with Crippen molar-refractivity contribution in [1.82, 2.24) is 5.32 Å². The molecule has 0 heterocycles. The van der Waals surface area contributed by atoms with Gasteiger partial charge in [-0.1, -0.05) is 0 Å².